The molecule has 2 N–H and O–H groups in total. The predicted octanol–water partition coefficient (Wildman–Crippen LogP) is 2.74. The van der Waals surface area contributed by atoms with Gasteiger partial charge in [0.05, 0.1) is 11.7 Å². The minimum Gasteiger partial charge on any atom is -0.387 e. The highest BCUT2D eigenvalue weighted by Gasteiger charge is 2.15. The van der Waals surface area contributed by atoms with Gasteiger partial charge in [0.25, 0.3) is 5.91 Å². The number of aryl methyl sites for hydroxylation is 1. The van der Waals surface area contributed by atoms with E-state index in [-0.39, 0.29) is 12.1 Å². The summed E-state index contributed by atoms with van der Waals surface area (Å²) in [5, 5.41) is 12.4. The van der Waals surface area contributed by atoms with E-state index in [0.717, 1.165) is 23.8 Å². The van der Waals surface area contributed by atoms with E-state index in [1.807, 2.05) is 19.1 Å². The van der Waals surface area contributed by atoms with Gasteiger partial charge in [-0.3, -0.25) is 4.79 Å². The molecule has 0 bridgehead atoms. The van der Waals surface area contributed by atoms with Crippen LogP contribution in [-0.2, 0) is 0 Å². The number of amides is 1. The SMILES string of the molecule is Cc1ccccc1C(O)CNC(=O)c1cc(F)ccc1F. The fraction of sp³-hybridized carbons (Fsp3) is 0.188. The number of halogens is 2. The summed E-state index contributed by atoms with van der Waals surface area (Å²) in [6, 6.07) is 9.86. The van der Waals surface area contributed by atoms with Gasteiger partial charge in [-0.1, -0.05) is 24.3 Å². The van der Waals surface area contributed by atoms with Crippen molar-refractivity contribution in [1.82, 2.24) is 5.32 Å². The average Bonchev–Trinajstić information content (AvgIpc) is 2.47. The van der Waals surface area contributed by atoms with E-state index in [4.69, 9.17) is 0 Å². The number of hydrogen-bond donors (Lipinski definition) is 2. The van der Waals surface area contributed by atoms with Gasteiger partial charge in [0, 0.05) is 6.54 Å². The summed E-state index contributed by atoms with van der Waals surface area (Å²) >= 11 is 0. The van der Waals surface area contributed by atoms with Crippen LogP contribution in [0.15, 0.2) is 42.5 Å². The second kappa shape index (κ2) is 6.45. The summed E-state index contributed by atoms with van der Waals surface area (Å²) < 4.78 is 26.5. The van der Waals surface area contributed by atoms with Crippen molar-refractivity contribution >= 4 is 5.91 Å². The number of rotatable bonds is 4. The Morgan fingerprint density at radius 1 is 1.24 bits per heavy atom. The molecule has 0 heterocycles. The maximum absolute atomic E-state index is 13.4. The van der Waals surface area contributed by atoms with Gasteiger partial charge >= 0.3 is 0 Å². The third-order valence-electron chi connectivity index (χ3n) is 3.18. The molecule has 21 heavy (non-hydrogen) atoms. The molecule has 2 aromatic carbocycles. The number of nitrogens with one attached hydrogen (secondary N) is 1. The molecule has 0 spiro atoms. The Hall–Kier alpha value is -2.27. The fourth-order valence-electron chi connectivity index (χ4n) is 2.03. The zero-order chi connectivity index (χ0) is 15.4. The maximum Gasteiger partial charge on any atom is 0.254 e. The lowest BCUT2D eigenvalue weighted by atomic mass is 10.0. The van der Waals surface area contributed by atoms with Crippen molar-refractivity contribution in [1.29, 1.82) is 0 Å². The molecule has 0 aliphatic carbocycles. The Morgan fingerprint density at radius 3 is 2.67 bits per heavy atom. The molecule has 1 atom stereocenters. The summed E-state index contributed by atoms with van der Waals surface area (Å²) in [7, 11) is 0. The van der Waals surface area contributed by atoms with E-state index in [9.17, 15) is 18.7 Å². The number of carbonyl (C=O) groups excluding carboxylic acids is 1. The summed E-state index contributed by atoms with van der Waals surface area (Å²) in [4.78, 5) is 11.8. The molecule has 0 radical (unpaired) electrons. The second-order valence-corrected chi connectivity index (χ2v) is 4.71. The average molecular weight is 291 g/mol. The lowest BCUT2D eigenvalue weighted by molar-refractivity contribution is 0.0911. The predicted molar refractivity (Wildman–Crippen MR) is 74.8 cm³/mol. The minimum absolute atomic E-state index is 0.0837. The van der Waals surface area contributed by atoms with Crippen LogP contribution in [-0.4, -0.2) is 17.6 Å². The Balaban J connectivity index is 2.04. The first-order chi connectivity index (χ1) is 9.99. The van der Waals surface area contributed by atoms with E-state index in [0.29, 0.717) is 5.56 Å². The molecule has 5 heteroatoms. The summed E-state index contributed by atoms with van der Waals surface area (Å²) in [6.07, 6.45) is -0.910. The number of benzene rings is 2. The first-order valence-electron chi connectivity index (χ1n) is 6.46. The van der Waals surface area contributed by atoms with Crippen molar-refractivity contribution in [2.24, 2.45) is 0 Å². The highest BCUT2D eigenvalue weighted by Crippen LogP contribution is 2.16. The van der Waals surface area contributed by atoms with Gasteiger partial charge in [-0.05, 0) is 36.2 Å². The molecule has 0 fully saturated rings. The smallest absolute Gasteiger partial charge is 0.254 e. The van der Waals surface area contributed by atoms with E-state index < -0.39 is 23.6 Å². The van der Waals surface area contributed by atoms with Gasteiger partial charge in [0.1, 0.15) is 11.6 Å². The van der Waals surface area contributed by atoms with Gasteiger partial charge < -0.3 is 10.4 Å². The largest absolute Gasteiger partial charge is 0.387 e. The molecule has 0 aromatic heterocycles. The molecular weight excluding hydrogens is 276 g/mol. The second-order valence-electron chi connectivity index (χ2n) is 4.71. The van der Waals surface area contributed by atoms with Gasteiger partial charge in [0.15, 0.2) is 0 Å². The standard InChI is InChI=1S/C16H15F2NO2/c1-10-4-2-3-5-12(10)15(20)9-19-16(21)13-8-11(17)6-7-14(13)18/h2-8,15,20H,9H2,1H3,(H,19,21). The number of aliphatic hydroxyl groups is 1. The molecule has 110 valence electrons. The van der Waals surface area contributed by atoms with Crippen LogP contribution in [0, 0.1) is 18.6 Å². The van der Waals surface area contributed by atoms with Crippen LogP contribution in [0.25, 0.3) is 0 Å². The molecule has 2 aromatic rings. The Morgan fingerprint density at radius 2 is 1.95 bits per heavy atom. The molecule has 0 saturated heterocycles. The van der Waals surface area contributed by atoms with Crippen molar-refractivity contribution < 1.29 is 18.7 Å². The molecule has 0 aliphatic rings. The zero-order valence-electron chi connectivity index (χ0n) is 11.4. The normalized spacial score (nSPS) is 12.0. The van der Waals surface area contributed by atoms with E-state index in [1.165, 1.54) is 0 Å². The maximum atomic E-state index is 13.4. The van der Waals surface area contributed by atoms with Crippen LogP contribution < -0.4 is 5.32 Å². The third-order valence-corrected chi connectivity index (χ3v) is 3.18. The van der Waals surface area contributed by atoms with Crippen LogP contribution in [0.1, 0.15) is 27.6 Å². The van der Waals surface area contributed by atoms with Crippen molar-refractivity contribution in [2.45, 2.75) is 13.0 Å². The molecule has 0 aliphatic heterocycles. The third kappa shape index (κ3) is 3.64. The summed E-state index contributed by atoms with van der Waals surface area (Å²) in [5.74, 6) is -2.26. The molecule has 1 amide bonds. The highest BCUT2D eigenvalue weighted by atomic mass is 19.1. The lowest BCUT2D eigenvalue weighted by Crippen LogP contribution is -2.29. The summed E-state index contributed by atoms with van der Waals surface area (Å²) in [6.45, 7) is 1.76. The van der Waals surface area contributed by atoms with Gasteiger partial charge in [-0.25, -0.2) is 8.78 Å². The number of aliphatic hydroxyl groups excluding tert-OH is 1. The Kier molecular flexibility index (Phi) is 4.65. The van der Waals surface area contributed by atoms with Crippen LogP contribution in [0.4, 0.5) is 8.78 Å². The van der Waals surface area contributed by atoms with Gasteiger partial charge in [0.2, 0.25) is 0 Å². The molecule has 3 nitrogen and oxygen atoms in total. The van der Waals surface area contributed by atoms with Gasteiger partial charge in [-0.2, -0.15) is 0 Å². The monoisotopic (exact) mass is 291 g/mol. The molecule has 2 rings (SSSR count). The van der Waals surface area contributed by atoms with Crippen molar-refractivity contribution in [3.05, 3.63) is 70.8 Å². The summed E-state index contributed by atoms with van der Waals surface area (Å²) in [5.41, 5.74) is 1.18. The molecule has 0 saturated carbocycles. The van der Waals surface area contributed by atoms with E-state index >= 15 is 0 Å². The molecular formula is C16H15F2NO2. The van der Waals surface area contributed by atoms with Crippen molar-refractivity contribution in [3.8, 4) is 0 Å². The minimum atomic E-state index is -0.910. The van der Waals surface area contributed by atoms with Crippen LogP contribution in [0.2, 0.25) is 0 Å². The van der Waals surface area contributed by atoms with E-state index in [2.05, 4.69) is 5.32 Å². The van der Waals surface area contributed by atoms with Crippen LogP contribution >= 0.6 is 0 Å². The number of carbonyl (C=O) groups is 1. The Bertz CT molecular complexity index is 658. The quantitative estimate of drug-likeness (QED) is 0.910. The van der Waals surface area contributed by atoms with Crippen LogP contribution in [0.5, 0.6) is 0 Å². The van der Waals surface area contributed by atoms with Crippen LogP contribution in [0.3, 0.4) is 0 Å². The highest BCUT2D eigenvalue weighted by molar-refractivity contribution is 5.94. The van der Waals surface area contributed by atoms with E-state index in [1.54, 1.807) is 12.1 Å². The van der Waals surface area contributed by atoms with Crippen molar-refractivity contribution in [3.63, 3.8) is 0 Å². The van der Waals surface area contributed by atoms with Gasteiger partial charge in [-0.15, -0.1) is 0 Å². The lowest BCUT2D eigenvalue weighted by Gasteiger charge is -2.14. The van der Waals surface area contributed by atoms with Crippen molar-refractivity contribution in [2.75, 3.05) is 6.54 Å². The zero-order valence-corrected chi connectivity index (χ0v) is 11.4. The topological polar surface area (TPSA) is 49.3 Å². The first kappa shape index (κ1) is 15.1. The molecule has 1 unspecified atom stereocenters. The number of hydrogen-bond acceptors (Lipinski definition) is 2. The first-order valence-corrected chi connectivity index (χ1v) is 6.46. The Labute approximate surface area is 121 Å². The fourth-order valence-corrected chi connectivity index (χ4v) is 2.03.